The van der Waals surface area contributed by atoms with Gasteiger partial charge in [0, 0.05) is 29.3 Å². The average Bonchev–Trinajstić information content (AvgIpc) is 3.21. The maximum absolute atomic E-state index is 4.84. The van der Waals surface area contributed by atoms with E-state index in [1.54, 1.807) is 12.7 Å². The molecule has 1 heterocycles. The number of aryl methyl sites for hydroxylation is 1. The molecule has 0 atom stereocenters. The molecule has 7 heteroatoms. The summed E-state index contributed by atoms with van der Waals surface area (Å²) in [5.74, 6) is 0.928. The van der Waals surface area contributed by atoms with Crippen molar-refractivity contribution in [3.63, 3.8) is 0 Å². The first-order valence-electron chi connectivity index (χ1n) is 9.38. The van der Waals surface area contributed by atoms with Crippen molar-refractivity contribution in [3.05, 3.63) is 43.0 Å². The molecule has 0 saturated heterocycles. The van der Waals surface area contributed by atoms with Crippen LogP contribution in [0.3, 0.4) is 0 Å². The Morgan fingerprint density at radius 1 is 1.15 bits per heavy atom. The summed E-state index contributed by atoms with van der Waals surface area (Å²) in [5.41, 5.74) is 0. The zero-order valence-corrected chi connectivity index (χ0v) is 16.2. The number of aliphatic imine (C=N–C) groups is 1. The largest absolute Gasteiger partial charge is 0.357 e. The van der Waals surface area contributed by atoms with Crippen LogP contribution in [-0.2, 0) is 6.54 Å². The van der Waals surface area contributed by atoms with Gasteiger partial charge in [-0.3, -0.25) is 4.99 Å². The number of nitrogens with zero attached hydrogens (tertiary/aromatic N) is 4. The topological polar surface area (TPSA) is 67.1 Å². The third-order valence-corrected chi connectivity index (χ3v) is 5.84. The van der Waals surface area contributed by atoms with E-state index in [0.717, 1.165) is 45.0 Å². The lowest BCUT2D eigenvalue weighted by Gasteiger charge is -2.15. The van der Waals surface area contributed by atoms with Gasteiger partial charge in [0.05, 0.1) is 6.54 Å². The van der Waals surface area contributed by atoms with E-state index in [4.69, 9.17) is 4.99 Å². The number of guanidine groups is 1. The van der Waals surface area contributed by atoms with Gasteiger partial charge in [-0.25, -0.2) is 0 Å². The molecule has 1 aliphatic rings. The normalized spacial score (nSPS) is 15.7. The van der Waals surface area contributed by atoms with Crippen LogP contribution in [0.15, 0.2) is 52.9 Å². The second-order valence-corrected chi connectivity index (χ2v) is 8.17. The Morgan fingerprint density at radius 2 is 1.92 bits per heavy atom. The minimum absolute atomic E-state index is 0.290. The summed E-state index contributed by atoms with van der Waals surface area (Å²) in [6, 6.07) is 10.7. The fraction of sp³-hybridized carbons (Fsp3) is 0.526. The Morgan fingerprint density at radius 3 is 2.62 bits per heavy atom. The maximum atomic E-state index is 4.84. The van der Waals surface area contributed by atoms with Crippen molar-refractivity contribution < 1.29 is 0 Å². The molecule has 6 nitrogen and oxygen atoms in total. The molecule has 3 rings (SSSR count). The van der Waals surface area contributed by atoms with Crippen molar-refractivity contribution in [1.29, 1.82) is 0 Å². The number of thioether (sulfide) groups is 1. The summed E-state index contributed by atoms with van der Waals surface area (Å²) in [4.78, 5) is 6.18. The summed E-state index contributed by atoms with van der Waals surface area (Å²) in [7, 11) is 0. The Bertz CT molecular complexity index is 667. The van der Waals surface area contributed by atoms with Crippen LogP contribution in [0.4, 0.5) is 0 Å². The Labute approximate surface area is 159 Å². The van der Waals surface area contributed by atoms with Gasteiger partial charge in [0.2, 0.25) is 0 Å². The quantitative estimate of drug-likeness (QED) is 0.381. The highest BCUT2D eigenvalue weighted by molar-refractivity contribution is 8.01. The Hall–Kier alpha value is -2.02. The highest BCUT2D eigenvalue weighted by atomic mass is 32.2. The molecule has 1 fully saturated rings. The third kappa shape index (κ3) is 6.05. The van der Waals surface area contributed by atoms with E-state index < -0.39 is 0 Å². The van der Waals surface area contributed by atoms with Gasteiger partial charge in [0.25, 0.3) is 0 Å². The van der Waals surface area contributed by atoms with Gasteiger partial charge in [0.15, 0.2) is 5.96 Å². The molecule has 0 unspecified atom stereocenters. The van der Waals surface area contributed by atoms with Crippen LogP contribution in [0.25, 0.3) is 0 Å². The molecule has 1 saturated carbocycles. The summed E-state index contributed by atoms with van der Waals surface area (Å²) < 4.78 is 2.30. The minimum Gasteiger partial charge on any atom is -0.357 e. The number of aromatic nitrogens is 3. The molecule has 1 aliphatic carbocycles. The van der Waals surface area contributed by atoms with Crippen LogP contribution in [0.1, 0.15) is 32.6 Å². The zero-order chi connectivity index (χ0) is 18.1. The van der Waals surface area contributed by atoms with E-state index in [9.17, 15) is 0 Å². The van der Waals surface area contributed by atoms with E-state index in [1.165, 1.54) is 17.7 Å². The van der Waals surface area contributed by atoms with E-state index in [0.29, 0.717) is 0 Å². The van der Waals surface area contributed by atoms with Crippen molar-refractivity contribution >= 4 is 17.7 Å². The highest BCUT2D eigenvalue weighted by Gasteiger charge is 2.43. The van der Waals surface area contributed by atoms with E-state index >= 15 is 0 Å². The van der Waals surface area contributed by atoms with Crippen molar-refractivity contribution in [2.75, 3.05) is 19.6 Å². The number of rotatable bonds is 10. The predicted molar refractivity (Wildman–Crippen MR) is 108 cm³/mol. The molecule has 140 valence electrons. The van der Waals surface area contributed by atoms with Crippen molar-refractivity contribution in [2.45, 2.75) is 48.8 Å². The van der Waals surface area contributed by atoms with Crippen molar-refractivity contribution in [2.24, 2.45) is 4.99 Å². The Kier molecular flexibility index (Phi) is 6.94. The van der Waals surface area contributed by atoms with Gasteiger partial charge < -0.3 is 15.2 Å². The number of unbranched alkanes of at least 4 members (excludes halogenated alkanes) is 1. The summed E-state index contributed by atoms with van der Waals surface area (Å²) in [6.07, 6.45) is 8.20. The fourth-order valence-electron chi connectivity index (χ4n) is 2.70. The SMILES string of the molecule is CCNC(=NCC1(Sc2ccccc2)CC1)NCCCCn1cnnc1. The van der Waals surface area contributed by atoms with Gasteiger partial charge in [-0.1, -0.05) is 18.2 Å². The van der Waals surface area contributed by atoms with Gasteiger partial charge in [-0.05, 0) is 44.7 Å². The second-order valence-electron chi connectivity index (χ2n) is 6.63. The zero-order valence-electron chi connectivity index (χ0n) is 15.4. The second kappa shape index (κ2) is 9.62. The molecule has 0 bridgehead atoms. The first-order chi connectivity index (χ1) is 12.8. The van der Waals surface area contributed by atoms with Gasteiger partial charge in [-0.15, -0.1) is 22.0 Å². The van der Waals surface area contributed by atoms with Crippen LogP contribution in [0, 0.1) is 0 Å². The summed E-state index contributed by atoms with van der Waals surface area (Å²) >= 11 is 1.97. The Balaban J connectivity index is 1.41. The molecule has 2 aromatic rings. The summed E-state index contributed by atoms with van der Waals surface area (Å²) in [6.45, 7) is 5.73. The van der Waals surface area contributed by atoms with Gasteiger partial charge >= 0.3 is 0 Å². The summed E-state index contributed by atoms with van der Waals surface area (Å²) in [5, 5.41) is 14.5. The standard InChI is InChI=1S/C19H28N6S/c1-2-20-18(21-12-6-7-13-25-15-23-24-16-25)22-14-19(10-11-19)26-17-8-4-3-5-9-17/h3-5,8-9,15-16H,2,6-7,10-14H2,1H3,(H2,20,21,22). The maximum Gasteiger partial charge on any atom is 0.191 e. The van der Waals surface area contributed by atoms with Gasteiger partial charge in [-0.2, -0.15) is 0 Å². The molecule has 0 aliphatic heterocycles. The van der Waals surface area contributed by atoms with Crippen LogP contribution in [0.2, 0.25) is 0 Å². The molecular formula is C19H28N6S. The van der Waals surface area contributed by atoms with Crippen LogP contribution < -0.4 is 10.6 Å². The average molecular weight is 373 g/mol. The molecule has 1 aromatic carbocycles. The third-order valence-electron chi connectivity index (χ3n) is 4.36. The number of nitrogens with one attached hydrogen (secondary N) is 2. The molecule has 0 radical (unpaired) electrons. The fourth-order valence-corrected chi connectivity index (χ4v) is 3.93. The number of benzene rings is 1. The molecule has 2 N–H and O–H groups in total. The lowest BCUT2D eigenvalue weighted by atomic mass is 10.3. The molecular weight excluding hydrogens is 344 g/mol. The van der Waals surface area contributed by atoms with Gasteiger partial charge in [0.1, 0.15) is 12.7 Å². The first-order valence-corrected chi connectivity index (χ1v) is 10.2. The first kappa shape index (κ1) is 18.8. The number of hydrogen-bond donors (Lipinski definition) is 2. The molecule has 1 aromatic heterocycles. The molecule has 0 spiro atoms. The van der Waals surface area contributed by atoms with Crippen molar-refractivity contribution in [1.82, 2.24) is 25.4 Å². The van der Waals surface area contributed by atoms with E-state index in [1.807, 2.05) is 16.3 Å². The van der Waals surface area contributed by atoms with Crippen LogP contribution >= 0.6 is 11.8 Å². The van der Waals surface area contributed by atoms with Crippen LogP contribution in [0.5, 0.6) is 0 Å². The highest BCUT2D eigenvalue weighted by Crippen LogP contribution is 2.51. The smallest absolute Gasteiger partial charge is 0.191 e. The molecule has 26 heavy (non-hydrogen) atoms. The lowest BCUT2D eigenvalue weighted by Crippen LogP contribution is -2.38. The minimum atomic E-state index is 0.290. The van der Waals surface area contributed by atoms with E-state index in [2.05, 4.69) is 58.1 Å². The van der Waals surface area contributed by atoms with Crippen LogP contribution in [-0.4, -0.2) is 45.1 Å². The predicted octanol–water partition coefficient (Wildman–Crippen LogP) is 2.94. The monoisotopic (exact) mass is 372 g/mol. The van der Waals surface area contributed by atoms with Crippen molar-refractivity contribution in [3.8, 4) is 0 Å². The number of hydrogen-bond acceptors (Lipinski definition) is 4. The molecule has 0 amide bonds. The van der Waals surface area contributed by atoms with E-state index in [-0.39, 0.29) is 4.75 Å². The lowest BCUT2D eigenvalue weighted by molar-refractivity contribution is 0.597.